The van der Waals surface area contributed by atoms with Crippen LogP contribution in [0.2, 0.25) is 0 Å². The summed E-state index contributed by atoms with van der Waals surface area (Å²) in [5.74, 6) is -0.780. The first-order valence-electron chi connectivity index (χ1n) is 10.0. The van der Waals surface area contributed by atoms with Gasteiger partial charge >= 0.3 is 5.97 Å². The average Bonchev–Trinajstić information content (AvgIpc) is 3.38. The fraction of sp³-hybridized carbons (Fsp3) is 0.391. The lowest BCUT2D eigenvalue weighted by Gasteiger charge is -2.19. The molecule has 0 unspecified atom stereocenters. The number of esters is 1. The van der Waals surface area contributed by atoms with Crippen molar-refractivity contribution in [3.05, 3.63) is 58.7 Å². The van der Waals surface area contributed by atoms with Gasteiger partial charge in [-0.2, -0.15) is 0 Å². The van der Waals surface area contributed by atoms with Gasteiger partial charge in [-0.05, 0) is 86.1 Å². The number of anilines is 2. The Morgan fingerprint density at radius 3 is 2.57 bits per heavy atom. The quantitative estimate of drug-likeness (QED) is 0.802. The number of carbonyl (C=O) groups excluding carboxylic acids is 2. The van der Waals surface area contributed by atoms with Crippen LogP contribution in [0.25, 0.3) is 0 Å². The second-order valence-electron chi connectivity index (χ2n) is 7.65. The van der Waals surface area contributed by atoms with Gasteiger partial charge in [0, 0.05) is 24.5 Å². The molecule has 0 saturated carbocycles. The molecule has 4 rings (SSSR count). The number of rotatable bonds is 5. The normalized spacial score (nSPS) is 15.4. The van der Waals surface area contributed by atoms with Crippen LogP contribution in [-0.2, 0) is 22.4 Å². The third-order valence-electron chi connectivity index (χ3n) is 5.62. The van der Waals surface area contributed by atoms with Crippen LogP contribution in [0, 0.1) is 6.92 Å². The van der Waals surface area contributed by atoms with Gasteiger partial charge in [0.1, 0.15) is 0 Å². The lowest BCUT2D eigenvalue weighted by Crippen LogP contribution is -2.22. The molecule has 5 heteroatoms. The number of ether oxygens (including phenoxy) is 1. The maximum Gasteiger partial charge on any atom is 0.338 e. The van der Waals surface area contributed by atoms with E-state index in [0.717, 1.165) is 43.6 Å². The standard InChI is InChI=1S/C23H26N2O3/c1-16-13-20(25-11-2-3-12-25)9-10-21(16)24-22(26)15-28-23(27)19-8-7-17-5-4-6-18(17)14-19/h7-10,13-14H,2-6,11-12,15H2,1H3,(H,24,26). The minimum absolute atomic E-state index is 0.288. The largest absolute Gasteiger partial charge is 0.452 e. The van der Waals surface area contributed by atoms with Crippen molar-refractivity contribution >= 4 is 23.3 Å². The number of hydrogen-bond donors (Lipinski definition) is 1. The third kappa shape index (κ3) is 4.03. The van der Waals surface area contributed by atoms with Crippen LogP contribution in [-0.4, -0.2) is 31.6 Å². The summed E-state index contributed by atoms with van der Waals surface area (Å²) in [6, 6.07) is 11.7. The minimum Gasteiger partial charge on any atom is -0.452 e. The Hall–Kier alpha value is -2.82. The molecule has 1 heterocycles. The summed E-state index contributed by atoms with van der Waals surface area (Å²) in [5, 5.41) is 2.84. The van der Waals surface area contributed by atoms with Gasteiger partial charge in [0.25, 0.3) is 5.91 Å². The molecule has 1 amide bonds. The van der Waals surface area contributed by atoms with Gasteiger partial charge in [-0.3, -0.25) is 4.79 Å². The van der Waals surface area contributed by atoms with E-state index in [0.29, 0.717) is 5.56 Å². The molecule has 0 spiro atoms. The second kappa shape index (κ2) is 8.05. The van der Waals surface area contributed by atoms with Crippen LogP contribution in [0.5, 0.6) is 0 Å². The molecular weight excluding hydrogens is 352 g/mol. The monoisotopic (exact) mass is 378 g/mol. The average molecular weight is 378 g/mol. The van der Waals surface area contributed by atoms with E-state index in [2.05, 4.69) is 16.3 Å². The predicted molar refractivity (Wildman–Crippen MR) is 110 cm³/mol. The van der Waals surface area contributed by atoms with Crippen LogP contribution in [0.1, 0.15) is 46.3 Å². The molecule has 1 fully saturated rings. The van der Waals surface area contributed by atoms with Crippen LogP contribution in [0.15, 0.2) is 36.4 Å². The van der Waals surface area contributed by atoms with Crippen molar-refractivity contribution in [3.63, 3.8) is 0 Å². The molecule has 1 N–H and O–H groups in total. The highest BCUT2D eigenvalue weighted by molar-refractivity contribution is 5.96. The Labute approximate surface area is 165 Å². The topological polar surface area (TPSA) is 58.6 Å². The molecule has 1 aliphatic carbocycles. The number of hydrogen-bond acceptors (Lipinski definition) is 4. The molecule has 5 nitrogen and oxygen atoms in total. The highest BCUT2D eigenvalue weighted by Gasteiger charge is 2.17. The maximum absolute atomic E-state index is 12.3. The molecule has 0 aromatic heterocycles. The van der Waals surface area contributed by atoms with Crippen molar-refractivity contribution < 1.29 is 14.3 Å². The van der Waals surface area contributed by atoms with Crippen LogP contribution in [0.4, 0.5) is 11.4 Å². The first-order chi connectivity index (χ1) is 13.6. The van der Waals surface area contributed by atoms with Crippen molar-refractivity contribution in [2.45, 2.75) is 39.0 Å². The SMILES string of the molecule is Cc1cc(N2CCCC2)ccc1NC(=O)COC(=O)c1ccc2c(c1)CCC2. The van der Waals surface area contributed by atoms with Crippen molar-refractivity contribution in [2.24, 2.45) is 0 Å². The number of fused-ring (bicyclic) bond motifs is 1. The highest BCUT2D eigenvalue weighted by Crippen LogP contribution is 2.26. The summed E-state index contributed by atoms with van der Waals surface area (Å²) >= 11 is 0. The Morgan fingerprint density at radius 2 is 1.79 bits per heavy atom. The number of nitrogens with zero attached hydrogens (tertiary/aromatic N) is 1. The summed E-state index contributed by atoms with van der Waals surface area (Å²) in [6.07, 6.45) is 5.67. The van der Waals surface area contributed by atoms with Gasteiger partial charge in [0.2, 0.25) is 0 Å². The van der Waals surface area contributed by atoms with Gasteiger partial charge in [-0.25, -0.2) is 4.79 Å². The molecule has 0 atom stereocenters. The number of aryl methyl sites for hydroxylation is 3. The van der Waals surface area contributed by atoms with Crippen molar-refractivity contribution in [1.82, 2.24) is 0 Å². The van der Waals surface area contributed by atoms with Crippen LogP contribution in [0.3, 0.4) is 0 Å². The molecule has 2 aromatic carbocycles. The second-order valence-corrected chi connectivity index (χ2v) is 7.65. The number of nitrogens with one attached hydrogen (secondary N) is 1. The molecule has 28 heavy (non-hydrogen) atoms. The van der Waals surface area contributed by atoms with Crippen molar-refractivity contribution in [2.75, 3.05) is 29.9 Å². The lowest BCUT2D eigenvalue weighted by molar-refractivity contribution is -0.119. The Balaban J connectivity index is 1.32. The molecule has 0 bridgehead atoms. The van der Waals surface area contributed by atoms with Gasteiger partial charge in [-0.15, -0.1) is 0 Å². The van der Waals surface area contributed by atoms with E-state index < -0.39 is 5.97 Å². The smallest absolute Gasteiger partial charge is 0.338 e. The highest BCUT2D eigenvalue weighted by atomic mass is 16.5. The van der Waals surface area contributed by atoms with E-state index in [-0.39, 0.29) is 12.5 Å². The van der Waals surface area contributed by atoms with Crippen LogP contribution < -0.4 is 10.2 Å². The Morgan fingerprint density at radius 1 is 1.00 bits per heavy atom. The third-order valence-corrected chi connectivity index (χ3v) is 5.62. The molecule has 2 aromatic rings. The number of amides is 1. The molecule has 0 radical (unpaired) electrons. The van der Waals surface area contributed by atoms with E-state index in [4.69, 9.17) is 4.74 Å². The fourth-order valence-electron chi connectivity index (χ4n) is 4.06. The van der Waals surface area contributed by atoms with Gasteiger partial charge < -0.3 is 15.0 Å². The Bertz CT molecular complexity index is 901. The summed E-state index contributed by atoms with van der Waals surface area (Å²) in [4.78, 5) is 26.8. The zero-order valence-electron chi connectivity index (χ0n) is 16.3. The van der Waals surface area contributed by atoms with Crippen LogP contribution >= 0.6 is 0 Å². The van der Waals surface area contributed by atoms with E-state index in [9.17, 15) is 9.59 Å². The summed E-state index contributed by atoms with van der Waals surface area (Å²) in [6.45, 7) is 3.86. The number of benzene rings is 2. The van der Waals surface area contributed by atoms with E-state index >= 15 is 0 Å². The molecule has 1 aliphatic heterocycles. The van der Waals surface area contributed by atoms with Crippen molar-refractivity contribution in [1.29, 1.82) is 0 Å². The summed E-state index contributed by atoms with van der Waals surface area (Å²) in [5.41, 5.74) is 5.98. The van der Waals surface area contributed by atoms with Crippen molar-refractivity contribution in [3.8, 4) is 0 Å². The molecule has 146 valence electrons. The summed E-state index contributed by atoms with van der Waals surface area (Å²) < 4.78 is 5.21. The minimum atomic E-state index is -0.453. The first kappa shape index (κ1) is 18.5. The van der Waals surface area contributed by atoms with Gasteiger partial charge in [0.05, 0.1) is 5.56 Å². The lowest BCUT2D eigenvalue weighted by atomic mass is 10.1. The van der Waals surface area contributed by atoms with E-state index in [1.807, 2.05) is 31.2 Å². The predicted octanol–water partition coefficient (Wildman–Crippen LogP) is 3.88. The number of carbonyl (C=O) groups is 2. The van der Waals surface area contributed by atoms with Gasteiger partial charge in [-0.1, -0.05) is 6.07 Å². The molecular formula is C23H26N2O3. The van der Waals surface area contributed by atoms with E-state index in [1.54, 1.807) is 6.07 Å². The zero-order chi connectivity index (χ0) is 19.5. The van der Waals surface area contributed by atoms with E-state index in [1.165, 1.54) is 29.7 Å². The first-order valence-corrected chi connectivity index (χ1v) is 10.0. The van der Waals surface area contributed by atoms with Gasteiger partial charge in [0.15, 0.2) is 6.61 Å². The fourth-order valence-corrected chi connectivity index (χ4v) is 4.06. The molecule has 2 aliphatic rings. The summed E-state index contributed by atoms with van der Waals surface area (Å²) in [7, 11) is 0. The zero-order valence-corrected chi connectivity index (χ0v) is 16.3. The maximum atomic E-state index is 12.3. The Kier molecular flexibility index (Phi) is 5.33. The molecule has 1 saturated heterocycles.